The highest BCUT2D eigenvalue weighted by Gasteiger charge is 2.33. The fourth-order valence-electron chi connectivity index (χ4n) is 1.69. The molecule has 6 heteroatoms. The number of methoxy groups -OCH3 is 1. The van der Waals surface area contributed by atoms with Crippen molar-refractivity contribution in [2.75, 3.05) is 7.11 Å². The largest absolute Gasteiger partial charge is 0.476 e. The first-order valence-corrected chi connectivity index (χ1v) is 5.33. The van der Waals surface area contributed by atoms with Gasteiger partial charge in [0.1, 0.15) is 0 Å². The summed E-state index contributed by atoms with van der Waals surface area (Å²) in [5, 5.41) is 16.6. The lowest BCUT2D eigenvalue weighted by Gasteiger charge is -2.11. The predicted octanol–water partition coefficient (Wildman–Crippen LogP) is 0.889. The highest BCUT2D eigenvalue weighted by atomic mass is 16.5. The smallest absolute Gasteiger partial charge is 0.358 e. The van der Waals surface area contributed by atoms with Crippen molar-refractivity contribution >= 4 is 5.97 Å². The molecule has 0 bridgehead atoms. The Balaban J connectivity index is 2.27. The van der Waals surface area contributed by atoms with Crippen molar-refractivity contribution in [3.63, 3.8) is 0 Å². The molecule has 0 radical (unpaired) electrons. The van der Waals surface area contributed by atoms with Gasteiger partial charge in [-0.1, -0.05) is 5.21 Å². The summed E-state index contributed by atoms with van der Waals surface area (Å²) in [5.41, 5.74) is 0.835. The molecule has 1 unspecified atom stereocenters. The molecule has 1 aromatic rings. The fraction of sp³-hybridized carbons (Fsp3) is 0.700. The molecule has 16 heavy (non-hydrogen) atoms. The van der Waals surface area contributed by atoms with E-state index in [2.05, 4.69) is 10.3 Å². The topological polar surface area (TPSA) is 77.2 Å². The predicted molar refractivity (Wildman–Crippen MR) is 55.4 cm³/mol. The Kier molecular flexibility index (Phi) is 2.91. The maximum absolute atomic E-state index is 11.0. The van der Waals surface area contributed by atoms with E-state index in [9.17, 15) is 4.79 Å². The molecule has 88 valence electrons. The Labute approximate surface area is 93.2 Å². The molecule has 1 fully saturated rings. The highest BCUT2D eigenvalue weighted by molar-refractivity contribution is 5.86. The monoisotopic (exact) mass is 225 g/mol. The number of rotatable bonds is 5. The Morgan fingerprint density at radius 2 is 2.38 bits per heavy atom. The van der Waals surface area contributed by atoms with Gasteiger partial charge in [-0.2, -0.15) is 0 Å². The van der Waals surface area contributed by atoms with E-state index in [1.54, 1.807) is 11.8 Å². The third-order valence-electron chi connectivity index (χ3n) is 2.77. The SMILES string of the molecule is COC(C)Cn1nnc(C(=O)O)c1C1CC1. The van der Waals surface area contributed by atoms with Crippen molar-refractivity contribution in [2.24, 2.45) is 0 Å². The summed E-state index contributed by atoms with van der Waals surface area (Å²) in [5.74, 6) is -0.691. The van der Waals surface area contributed by atoms with Crippen molar-refractivity contribution in [3.05, 3.63) is 11.4 Å². The van der Waals surface area contributed by atoms with Gasteiger partial charge in [0.05, 0.1) is 18.3 Å². The van der Waals surface area contributed by atoms with Gasteiger partial charge in [-0.3, -0.25) is 0 Å². The van der Waals surface area contributed by atoms with Crippen LogP contribution < -0.4 is 0 Å². The summed E-state index contributed by atoms with van der Waals surface area (Å²) in [7, 11) is 1.62. The fourth-order valence-corrected chi connectivity index (χ4v) is 1.69. The van der Waals surface area contributed by atoms with Gasteiger partial charge >= 0.3 is 5.97 Å². The summed E-state index contributed by atoms with van der Waals surface area (Å²) >= 11 is 0. The standard InChI is InChI=1S/C10H15N3O3/c1-6(16-2)5-13-9(7-3-4-7)8(10(14)15)11-12-13/h6-7H,3-5H2,1-2H3,(H,14,15). The van der Waals surface area contributed by atoms with Gasteiger partial charge in [0.25, 0.3) is 0 Å². The van der Waals surface area contributed by atoms with Crippen LogP contribution in [-0.4, -0.2) is 39.3 Å². The van der Waals surface area contributed by atoms with Crippen LogP contribution in [-0.2, 0) is 11.3 Å². The van der Waals surface area contributed by atoms with E-state index in [1.165, 1.54) is 0 Å². The van der Waals surface area contributed by atoms with Gasteiger partial charge < -0.3 is 9.84 Å². The maximum atomic E-state index is 11.0. The highest BCUT2D eigenvalue weighted by Crippen LogP contribution is 2.41. The van der Waals surface area contributed by atoms with Crippen molar-refractivity contribution in [1.29, 1.82) is 0 Å². The van der Waals surface area contributed by atoms with E-state index in [-0.39, 0.29) is 11.8 Å². The van der Waals surface area contributed by atoms with Crippen LogP contribution >= 0.6 is 0 Å². The summed E-state index contributed by atoms with van der Waals surface area (Å²) in [4.78, 5) is 11.0. The van der Waals surface area contributed by atoms with Gasteiger partial charge in [0.2, 0.25) is 0 Å². The van der Waals surface area contributed by atoms with Crippen LogP contribution in [0.2, 0.25) is 0 Å². The van der Waals surface area contributed by atoms with E-state index in [4.69, 9.17) is 9.84 Å². The molecule has 1 aromatic heterocycles. The first-order valence-electron chi connectivity index (χ1n) is 5.33. The normalized spacial score (nSPS) is 17.4. The molecule has 2 rings (SSSR count). The quantitative estimate of drug-likeness (QED) is 0.805. The third-order valence-corrected chi connectivity index (χ3v) is 2.77. The molecule has 1 N–H and O–H groups in total. The zero-order valence-electron chi connectivity index (χ0n) is 9.38. The molecule has 1 aliphatic rings. The number of hydrogen-bond donors (Lipinski definition) is 1. The average molecular weight is 225 g/mol. The number of nitrogens with zero attached hydrogens (tertiary/aromatic N) is 3. The minimum absolute atomic E-state index is 0.000782. The van der Waals surface area contributed by atoms with Crippen molar-refractivity contribution in [3.8, 4) is 0 Å². The first kappa shape index (κ1) is 11.1. The van der Waals surface area contributed by atoms with E-state index in [0.29, 0.717) is 12.5 Å². The summed E-state index contributed by atoms with van der Waals surface area (Å²) in [6, 6.07) is 0. The van der Waals surface area contributed by atoms with Crippen molar-refractivity contribution in [2.45, 2.75) is 38.3 Å². The van der Waals surface area contributed by atoms with Crippen LogP contribution in [0.4, 0.5) is 0 Å². The minimum atomic E-state index is -1.00. The Morgan fingerprint density at radius 3 is 2.88 bits per heavy atom. The number of ether oxygens (including phenoxy) is 1. The Morgan fingerprint density at radius 1 is 1.69 bits per heavy atom. The zero-order chi connectivity index (χ0) is 11.7. The molecule has 1 atom stereocenters. The van der Waals surface area contributed by atoms with Crippen LogP contribution in [0.1, 0.15) is 41.9 Å². The molecule has 0 aliphatic heterocycles. The molecule has 0 aromatic carbocycles. The molecule has 1 saturated carbocycles. The lowest BCUT2D eigenvalue weighted by Crippen LogP contribution is -2.18. The third kappa shape index (κ3) is 2.06. The maximum Gasteiger partial charge on any atom is 0.358 e. The van der Waals surface area contributed by atoms with E-state index < -0.39 is 5.97 Å². The molecule has 1 aliphatic carbocycles. The number of hydrogen-bond acceptors (Lipinski definition) is 4. The summed E-state index contributed by atoms with van der Waals surface area (Å²) in [6.07, 6.45) is 2.05. The molecular weight excluding hydrogens is 210 g/mol. The zero-order valence-corrected chi connectivity index (χ0v) is 9.38. The second-order valence-electron chi connectivity index (χ2n) is 4.13. The Hall–Kier alpha value is -1.43. The van der Waals surface area contributed by atoms with Gasteiger partial charge in [0.15, 0.2) is 5.69 Å². The minimum Gasteiger partial charge on any atom is -0.476 e. The van der Waals surface area contributed by atoms with Crippen LogP contribution in [0, 0.1) is 0 Å². The Bertz CT molecular complexity index is 398. The summed E-state index contributed by atoms with van der Waals surface area (Å²) < 4.78 is 6.80. The molecule has 0 saturated heterocycles. The molecule has 1 heterocycles. The molecule has 0 spiro atoms. The number of aromatic carboxylic acids is 1. The van der Waals surface area contributed by atoms with Crippen LogP contribution in [0.25, 0.3) is 0 Å². The van der Waals surface area contributed by atoms with E-state index in [1.807, 2.05) is 6.92 Å². The number of carboxylic acid groups (broad SMARTS) is 1. The average Bonchev–Trinajstić information content (AvgIpc) is 3.00. The van der Waals surface area contributed by atoms with Gasteiger partial charge in [-0.25, -0.2) is 9.48 Å². The molecule has 0 amide bonds. The second-order valence-corrected chi connectivity index (χ2v) is 4.13. The van der Waals surface area contributed by atoms with Crippen molar-refractivity contribution in [1.82, 2.24) is 15.0 Å². The lowest BCUT2D eigenvalue weighted by molar-refractivity contribution is 0.0688. The lowest BCUT2D eigenvalue weighted by atomic mass is 10.2. The van der Waals surface area contributed by atoms with Crippen LogP contribution in [0.3, 0.4) is 0 Å². The van der Waals surface area contributed by atoms with E-state index >= 15 is 0 Å². The molecular formula is C10H15N3O3. The van der Waals surface area contributed by atoms with Gasteiger partial charge in [-0.05, 0) is 19.8 Å². The van der Waals surface area contributed by atoms with Crippen LogP contribution in [0.5, 0.6) is 0 Å². The summed E-state index contributed by atoms with van der Waals surface area (Å²) in [6.45, 7) is 2.46. The first-order chi connectivity index (χ1) is 7.63. The van der Waals surface area contributed by atoms with Gasteiger partial charge in [0, 0.05) is 13.0 Å². The number of aromatic nitrogens is 3. The second kappa shape index (κ2) is 4.21. The number of carbonyl (C=O) groups is 1. The molecule has 6 nitrogen and oxygen atoms in total. The van der Waals surface area contributed by atoms with Crippen LogP contribution in [0.15, 0.2) is 0 Å². The van der Waals surface area contributed by atoms with Gasteiger partial charge in [-0.15, -0.1) is 5.10 Å². The van der Waals surface area contributed by atoms with E-state index in [0.717, 1.165) is 18.5 Å². The number of carboxylic acids is 1. The van der Waals surface area contributed by atoms with Crippen molar-refractivity contribution < 1.29 is 14.6 Å².